The Bertz CT molecular complexity index is 1050. The molecule has 0 unspecified atom stereocenters. The molecule has 1 saturated carbocycles. The van der Waals surface area contributed by atoms with E-state index in [1.165, 1.54) is 12.8 Å². The normalized spacial score (nSPS) is 12.6. The molecule has 0 spiro atoms. The molecule has 0 aliphatic heterocycles. The predicted octanol–water partition coefficient (Wildman–Crippen LogP) is 3.04. The molecule has 0 atom stereocenters. The van der Waals surface area contributed by atoms with E-state index in [9.17, 15) is 4.79 Å². The molecule has 3 aromatic heterocycles. The number of nitrogens with two attached hydrogens (primary N) is 2. The summed E-state index contributed by atoms with van der Waals surface area (Å²) in [5.74, 6) is 1.59. The lowest BCUT2D eigenvalue weighted by Crippen LogP contribution is -2.00. The van der Waals surface area contributed by atoms with Crippen LogP contribution in [0.1, 0.15) is 24.8 Å². The first-order valence-electron chi connectivity index (χ1n) is 8.87. The third kappa shape index (κ3) is 4.32. The number of hydrogen-bond donors (Lipinski definition) is 3. The van der Waals surface area contributed by atoms with Crippen molar-refractivity contribution in [3.63, 3.8) is 0 Å². The fourth-order valence-corrected chi connectivity index (χ4v) is 2.70. The summed E-state index contributed by atoms with van der Waals surface area (Å²) >= 11 is 0. The van der Waals surface area contributed by atoms with Crippen LogP contribution >= 0.6 is 0 Å². The molecule has 0 saturated heterocycles. The maximum absolute atomic E-state index is 10.5. The number of pyridine rings is 3. The molecule has 3 aromatic rings. The van der Waals surface area contributed by atoms with Gasteiger partial charge in [-0.1, -0.05) is 0 Å². The van der Waals surface area contributed by atoms with Crippen molar-refractivity contribution in [3.8, 4) is 17.3 Å². The number of nitrogens with one attached hydrogen (secondary N) is 1. The fourth-order valence-electron chi connectivity index (χ4n) is 2.70. The van der Waals surface area contributed by atoms with Gasteiger partial charge in [0.05, 0.1) is 23.6 Å². The van der Waals surface area contributed by atoms with E-state index in [1.54, 1.807) is 24.7 Å². The van der Waals surface area contributed by atoms with Crippen molar-refractivity contribution in [1.82, 2.24) is 15.0 Å². The third-order valence-corrected chi connectivity index (χ3v) is 4.56. The Labute approximate surface area is 162 Å². The molecule has 0 bridgehead atoms. The minimum atomic E-state index is 0.361. The number of aromatic nitrogens is 3. The zero-order chi connectivity index (χ0) is 20.1. The summed E-state index contributed by atoms with van der Waals surface area (Å²) in [6, 6.07) is 5.73. The second kappa shape index (κ2) is 8.31. The lowest BCUT2D eigenvalue weighted by molar-refractivity contribution is -0.105. The zero-order valence-electron chi connectivity index (χ0n) is 15.5. The van der Waals surface area contributed by atoms with Gasteiger partial charge in [0, 0.05) is 29.8 Å². The van der Waals surface area contributed by atoms with Gasteiger partial charge in [-0.2, -0.15) is 5.26 Å². The Morgan fingerprint density at radius 2 is 2.07 bits per heavy atom. The molecule has 1 aliphatic carbocycles. The van der Waals surface area contributed by atoms with Crippen LogP contribution in [0, 0.1) is 24.2 Å². The Balaban J connectivity index is 0.000000320. The zero-order valence-corrected chi connectivity index (χ0v) is 15.5. The van der Waals surface area contributed by atoms with E-state index in [2.05, 4.69) is 26.3 Å². The minimum Gasteiger partial charge on any atom is -0.397 e. The lowest BCUT2D eigenvalue weighted by Gasteiger charge is -2.10. The Morgan fingerprint density at radius 1 is 1.29 bits per heavy atom. The van der Waals surface area contributed by atoms with Crippen molar-refractivity contribution in [2.24, 2.45) is 5.92 Å². The summed E-state index contributed by atoms with van der Waals surface area (Å²) in [4.78, 5) is 23.1. The number of carbonyl (C=O) groups is 1. The molecule has 1 amide bonds. The maximum Gasteiger partial charge on any atom is 0.212 e. The van der Waals surface area contributed by atoms with Crippen LogP contribution in [0.15, 0.2) is 30.7 Å². The highest BCUT2D eigenvalue weighted by Crippen LogP contribution is 2.31. The average Bonchev–Trinajstić information content (AvgIpc) is 3.49. The van der Waals surface area contributed by atoms with Crippen molar-refractivity contribution >= 4 is 34.5 Å². The highest BCUT2D eigenvalue weighted by Gasteiger charge is 2.19. The van der Waals surface area contributed by atoms with Gasteiger partial charge in [-0.25, -0.2) is 9.97 Å². The number of nitriles is 1. The molecule has 142 valence electrons. The highest BCUT2D eigenvalue weighted by molar-refractivity contribution is 5.95. The van der Waals surface area contributed by atoms with Gasteiger partial charge in [-0.15, -0.1) is 0 Å². The second-order valence-electron chi connectivity index (χ2n) is 6.65. The van der Waals surface area contributed by atoms with Crippen LogP contribution < -0.4 is 16.8 Å². The van der Waals surface area contributed by atoms with Gasteiger partial charge in [-0.05, 0) is 48.8 Å². The SMILES string of the molecule is Cc1c(N)cncc1-c1cc2cc(NC=O)ncc2c(N)n1.N#CCC1CC1. The number of hydrogen-bond acceptors (Lipinski definition) is 7. The molecule has 3 heterocycles. The van der Waals surface area contributed by atoms with Gasteiger partial charge in [0.1, 0.15) is 11.6 Å². The highest BCUT2D eigenvalue weighted by atomic mass is 16.1. The first kappa shape index (κ1) is 19.0. The molecule has 8 nitrogen and oxygen atoms in total. The summed E-state index contributed by atoms with van der Waals surface area (Å²) < 4.78 is 0. The van der Waals surface area contributed by atoms with Crippen molar-refractivity contribution < 1.29 is 4.79 Å². The number of amides is 1. The largest absolute Gasteiger partial charge is 0.397 e. The van der Waals surface area contributed by atoms with Gasteiger partial charge in [-0.3, -0.25) is 9.78 Å². The Kier molecular flexibility index (Phi) is 5.65. The maximum atomic E-state index is 10.5. The van der Waals surface area contributed by atoms with Gasteiger partial charge in [0.2, 0.25) is 6.41 Å². The van der Waals surface area contributed by atoms with E-state index < -0.39 is 0 Å². The number of nitrogens with zero attached hydrogens (tertiary/aromatic N) is 4. The van der Waals surface area contributed by atoms with Crippen LogP contribution in [0.2, 0.25) is 0 Å². The number of rotatable bonds is 4. The van der Waals surface area contributed by atoms with Crippen molar-refractivity contribution in [3.05, 3.63) is 36.3 Å². The van der Waals surface area contributed by atoms with E-state index >= 15 is 0 Å². The van der Waals surface area contributed by atoms with Crippen LogP contribution in [0.25, 0.3) is 22.0 Å². The van der Waals surface area contributed by atoms with Crippen molar-refractivity contribution in [2.75, 3.05) is 16.8 Å². The van der Waals surface area contributed by atoms with Crippen molar-refractivity contribution in [2.45, 2.75) is 26.2 Å². The molecular formula is C20H21N7O. The van der Waals surface area contributed by atoms with E-state index in [-0.39, 0.29) is 0 Å². The summed E-state index contributed by atoms with van der Waals surface area (Å²) in [5.41, 5.74) is 14.9. The van der Waals surface area contributed by atoms with E-state index in [4.69, 9.17) is 16.7 Å². The monoisotopic (exact) mass is 375 g/mol. The first-order valence-corrected chi connectivity index (χ1v) is 8.87. The molecule has 1 fully saturated rings. The molecule has 8 heteroatoms. The molecule has 4 rings (SSSR count). The van der Waals surface area contributed by atoms with Crippen LogP contribution in [0.4, 0.5) is 17.3 Å². The summed E-state index contributed by atoms with van der Waals surface area (Å²) in [6.45, 7) is 1.90. The van der Waals surface area contributed by atoms with Gasteiger partial charge >= 0.3 is 0 Å². The van der Waals surface area contributed by atoms with Gasteiger partial charge in [0.25, 0.3) is 0 Å². The number of nitrogen functional groups attached to an aromatic ring is 2. The summed E-state index contributed by atoms with van der Waals surface area (Å²) in [7, 11) is 0. The van der Waals surface area contributed by atoms with E-state index in [1.807, 2.05) is 13.0 Å². The fraction of sp³-hybridized carbons (Fsp3) is 0.250. The molecule has 0 aromatic carbocycles. The quantitative estimate of drug-likeness (QED) is 0.594. The Morgan fingerprint density at radius 3 is 2.71 bits per heavy atom. The summed E-state index contributed by atoms with van der Waals surface area (Å²) in [6.07, 6.45) is 8.84. The standard InChI is InChI=1S/C15H14N6O.C5H7N/c1-8-10(4-18-6-12(8)16)13-2-9-3-14(20-7-22)19-5-11(9)15(17)21-13;6-4-3-5-1-2-5/h2-7H,16H2,1H3,(H2,17,21)(H,19,20,22);5H,1-3H2. The smallest absolute Gasteiger partial charge is 0.212 e. The Hall–Kier alpha value is -3.73. The minimum absolute atomic E-state index is 0.361. The van der Waals surface area contributed by atoms with Crippen LogP contribution in [-0.2, 0) is 4.79 Å². The summed E-state index contributed by atoms with van der Waals surface area (Å²) in [5, 5.41) is 12.1. The van der Waals surface area contributed by atoms with Gasteiger partial charge < -0.3 is 16.8 Å². The number of anilines is 3. The second-order valence-corrected chi connectivity index (χ2v) is 6.65. The van der Waals surface area contributed by atoms with Crippen LogP contribution in [0.5, 0.6) is 0 Å². The molecular weight excluding hydrogens is 354 g/mol. The van der Waals surface area contributed by atoms with E-state index in [0.717, 1.165) is 34.2 Å². The first-order chi connectivity index (χ1) is 13.5. The molecule has 5 N–H and O–H groups in total. The molecule has 0 radical (unpaired) electrons. The number of carbonyl (C=O) groups excluding carboxylic acids is 1. The van der Waals surface area contributed by atoms with Crippen LogP contribution in [0.3, 0.4) is 0 Å². The van der Waals surface area contributed by atoms with Crippen LogP contribution in [-0.4, -0.2) is 21.4 Å². The van der Waals surface area contributed by atoms with Crippen molar-refractivity contribution in [1.29, 1.82) is 5.26 Å². The lowest BCUT2D eigenvalue weighted by atomic mass is 10.0. The van der Waals surface area contributed by atoms with Gasteiger partial charge in [0.15, 0.2) is 0 Å². The average molecular weight is 375 g/mol. The topological polar surface area (TPSA) is 144 Å². The molecule has 28 heavy (non-hydrogen) atoms. The number of fused-ring (bicyclic) bond motifs is 1. The molecule has 1 aliphatic rings. The third-order valence-electron chi connectivity index (χ3n) is 4.56. The predicted molar refractivity (Wildman–Crippen MR) is 109 cm³/mol. The van der Waals surface area contributed by atoms with E-state index in [0.29, 0.717) is 29.4 Å².